The number of thiazole rings is 1. The van der Waals surface area contributed by atoms with Crippen molar-refractivity contribution >= 4 is 23.2 Å². The van der Waals surface area contributed by atoms with Gasteiger partial charge in [0.15, 0.2) is 11.5 Å². The summed E-state index contributed by atoms with van der Waals surface area (Å²) in [5.74, 6) is 0.904. The number of methoxy groups -OCH3 is 3. The number of nitrogens with one attached hydrogen (secondary N) is 1. The molecule has 0 spiro atoms. The monoisotopic (exact) mass is 421 g/mol. The normalized spacial score (nSPS) is 10.5. The SMILES string of the molecule is COCCCNC(=O)CN(C)C(=O)Cc1csc(-c2ccc(OC)c(OC)c2)n1. The Morgan fingerprint density at radius 1 is 1.17 bits per heavy atom. The molecule has 158 valence electrons. The minimum Gasteiger partial charge on any atom is -0.493 e. The second-order valence-corrected chi connectivity index (χ2v) is 7.19. The molecule has 0 aliphatic rings. The van der Waals surface area contributed by atoms with Crippen molar-refractivity contribution in [3.8, 4) is 22.1 Å². The molecule has 9 heteroatoms. The van der Waals surface area contributed by atoms with E-state index < -0.39 is 0 Å². The van der Waals surface area contributed by atoms with Crippen molar-refractivity contribution in [2.24, 2.45) is 0 Å². The molecule has 0 bridgehead atoms. The van der Waals surface area contributed by atoms with Gasteiger partial charge in [0.2, 0.25) is 11.8 Å². The smallest absolute Gasteiger partial charge is 0.239 e. The summed E-state index contributed by atoms with van der Waals surface area (Å²) in [6.07, 6.45) is 0.870. The number of likely N-dealkylation sites (N-methyl/N-ethyl adjacent to an activating group) is 1. The van der Waals surface area contributed by atoms with Crippen molar-refractivity contribution in [1.82, 2.24) is 15.2 Å². The predicted molar refractivity (Wildman–Crippen MR) is 111 cm³/mol. The fourth-order valence-electron chi connectivity index (χ4n) is 2.58. The van der Waals surface area contributed by atoms with Crippen molar-refractivity contribution < 1.29 is 23.8 Å². The number of rotatable bonds is 11. The molecule has 2 rings (SSSR count). The lowest BCUT2D eigenvalue weighted by atomic mass is 10.2. The lowest BCUT2D eigenvalue weighted by Gasteiger charge is -2.16. The first-order valence-electron chi connectivity index (χ1n) is 9.14. The van der Waals surface area contributed by atoms with Crippen LogP contribution in [0.1, 0.15) is 12.1 Å². The average molecular weight is 422 g/mol. The molecule has 2 aromatic rings. The van der Waals surface area contributed by atoms with Crippen LogP contribution in [0.4, 0.5) is 0 Å². The van der Waals surface area contributed by atoms with Gasteiger partial charge in [-0.15, -0.1) is 11.3 Å². The molecule has 2 amide bonds. The zero-order chi connectivity index (χ0) is 21.2. The van der Waals surface area contributed by atoms with Crippen molar-refractivity contribution in [3.63, 3.8) is 0 Å². The minimum absolute atomic E-state index is 0.0124. The number of amides is 2. The quantitative estimate of drug-likeness (QED) is 0.558. The zero-order valence-corrected chi connectivity index (χ0v) is 18.0. The molecule has 0 aliphatic carbocycles. The van der Waals surface area contributed by atoms with Crippen LogP contribution in [0.5, 0.6) is 11.5 Å². The van der Waals surface area contributed by atoms with Gasteiger partial charge in [0.25, 0.3) is 0 Å². The number of ether oxygens (including phenoxy) is 3. The first-order valence-corrected chi connectivity index (χ1v) is 10.0. The maximum atomic E-state index is 12.4. The van der Waals surface area contributed by atoms with Gasteiger partial charge in [-0.25, -0.2) is 4.98 Å². The molecule has 0 saturated heterocycles. The van der Waals surface area contributed by atoms with Crippen molar-refractivity contribution in [3.05, 3.63) is 29.3 Å². The van der Waals surface area contributed by atoms with Gasteiger partial charge in [-0.05, 0) is 24.6 Å². The van der Waals surface area contributed by atoms with Crippen LogP contribution in [0.3, 0.4) is 0 Å². The highest BCUT2D eigenvalue weighted by molar-refractivity contribution is 7.13. The number of hydrogen-bond acceptors (Lipinski definition) is 7. The van der Waals surface area contributed by atoms with Crippen LogP contribution in [-0.4, -0.2) is 69.8 Å². The summed E-state index contributed by atoms with van der Waals surface area (Å²) in [4.78, 5) is 30.2. The van der Waals surface area contributed by atoms with Crippen LogP contribution < -0.4 is 14.8 Å². The molecule has 0 radical (unpaired) electrons. The summed E-state index contributed by atoms with van der Waals surface area (Å²) in [5.41, 5.74) is 1.55. The second-order valence-electron chi connectivity index (χ2n) is 6.34. The molecule has 1 aromatic heterocycles. The Labute approximate surface area is 174 Å². The van der Waals surface area contributed by atoms with E-state index in [0.717, 1.165) is 17.0 Å². The summed E-state index contributed by atoms with van der Waals surface area (Å²) >= 11 is 1.45. The average Bonchev–Trinajstić information content (AvgIpc) is 3.19. The third-order valence-corrected chi connectivity index (χ3v) is 5.11. The van der Waals surface area contributed by atoms with Gasteiger partial charge < -0.3 is 24.4 Å². The van der Waals surface area contributed by atoms with Gasteiger partial charge in [0, 0.05) is 38.3 Å². The lowest BCUT2D eigenvalue weighted by Crippen LogP contribution is -2.39. The molecule has 0 aliphatic heterocycles. The van der Waals surface area contributed by atoms with Crippen LogP contribution in [0.25, 0.3) is 10.6 Å². The fraction of sp³-hybridized carbons (Fsp3) is 0.450. The van der Waals surface area contributed by atoms with Gasteiger partial charge in [0.05, 0.1) is 32.9 Å². The van der Waals surface area contributed by atoms with Crippen molar-refractivity contribution in [2.75, 3.05) is 48.1 Å². The molecule has 1 N–H and O–H groups in total. The number of hydrogen-bond donors (Lipinski definition) is 1. The Morgan fingerprint density at radius 3 is 2.62 bits per heavy atom. The Balaban J connectivity index is 1.92. The van der Waals surface area contributed by atoms with Crippen LogP contribution in [0.2, 0.25) is 0 Å². The summed E-state index contributed by atoms with van der Waals surface area (Å²) in [6, 6.07) is 5.56. The van der Waals surface area contributed by atoms with E-state index in [2.05, 4.69) is 10.3 Å². The Morgan fingerprint density at radius 2 is 1.93 bits per heavy atom. The fourth-order valence-corrected chi connectivity index (χ4v) is 3.40. The Bertz CT molecular complexity index is 824. The largest absolute Gasteiger partial charge is 0.493 e. The highest BCUT2D eigenvalue weighted by Gasteiger charge is 2.16. The highest BCUT2D eigenvalue weighted by Crippen LogP contribution is 2.33. The molecular formula is C20H27N3O5S. The lowest BCUT2D eigenvalue weighted by molar-refractivity contribution is -0.134. The van der Waals surface area contributed by atoms with Gasteiger partial charge in [-0.2, -0.15) is 0 Å². The number of carbonyl (C=O) groups excluding carboxylic acids is 2. The van der Waals surface area contributed by atoms with E-state index in [1.54, 1.807) is 28.4 Å². The first kappa shape index (κ1) is 22.6. The van der Waals surface area contributed by atoms with Crippen LogP contribution >= 0.6 is 11.3 Å². The second kappa shape index (κ2) is 11.4. The predicted octanol–water partition coefficient (Wildman–Crippen LogP) is 1.98. The van der Waals surface area contributed by atoms with E-state index in [4.69, 9.17) is 14.2 Å². The van der Waals surface area contributed by atoms with Gasteiger partial charge in [0.1, 0.15) is 5.01 Å². The van der Waals surface area contributed by atoms with Gasteiger partial charge in [-0.1, -0.05) is 0 Å². The Hall–Kier alpha value is -2.65. The van der Waals surface area contributed by atoms with E-state index >= 15 is 0 Å². The van der Waals surface area contributed by atoms with E-state index in [-0.39, 0.29) is 24.8 Å². The standard InChI is InChI=1S/C20H27N3O5S/c1-23(12-18(24)21-8-5-9-26-2)19(25)11-15-13-29-20(22-15)14-6-7-16(27-3)17(10-14)28-4/h6-7,10,13H,5,8-9,11-12H2,1-4H3,(H,21,24). The summed E-state index contributed by atoms with van der Waals surface area (Å²) in [7, 11) is 6.39. The third-order valence-electron chi connectivity index (χ3n) is 4.17. The van der Waals surface area contributed by atoms with E-state index in [0.29, 0.717) is 30.3 Å². The number of nitrogens with zero attached hydrogens (tertiary/aromatic N) is 2. The van der Waals surface area contributed by atoms with Gasteiger partial charge in [-0.3, -0.25) is 9.59 Å². The zero-order valence-electron chi connectivity index (χ0n) is 17.2. The molecule has 0 atom stereocenters. The molecule has 0 fully saturated rings. The van der Waals surface area contributed by atoms with Crippen molar-refractivity contribution in [2.45, 2.75) is 12.8 Å². The number of aromatic nitrogens is 1. The summed E-state index contributed by atoms with van der Waals surface area (Å²) in [6.45, 7) is 1.12. The molecule has 1 aromatic carbocycles. The van der Waals surface area contributed by atoms with Crippen LogP contribution in [-0.2, 0) is 20.7 Å². The summed E-state index contributed by atoms with van der Waals surface area (Å²) in [5, 5.41) is 5.40. The maximum Gasteiger partial charge on any atom is 0.239 e. The van der Waals surface area contributed by atoms with E-state index in [1.807, 2.05) is 23.6 Å². The topological polar surface area (TPSA) is 90.0 Å². The minimum atomic E-state index is -0.193. The van der Waals surface area contributed by atoms with Crippen LogP contribution in [0.15, 0.2) is 23.6 Å². The highest BCUT2D eigenvalue weighted by atomic mass is 32.1. The first-order chi connectivity index (χ1) is 14.0. The van der Waals surface area contributed by atoms with E-state index in [9.17, 15) is 9.59 Å². The molecule has 29 heavy (non-hydrogen) atoms. The van der Waals surface area contributed by atoms with Crippen molar-refractivity contribution in [1.29, 1.82) is 0 Å². The Kier molecular flexibility index (Phi) is 8.88. The molecule has 1 heterocycles. The molecular weight excluding hydrogens is 394 g/mol. The molecule has 0 saturated carbocycles. The van der Waals surface area contributed by atoms with Crippen LogP contribution in [0, 0.1) is 0 Å². The van der Waals surface area contributed by atoms with E-state index in [1.165, 1.54) is 16.2 Å². The summed E-state index contributed by atoms with van der Waals surface area (Å²) < 4.78 is 15.5. The molecule has 8 nitrogen and oxygen atoms in total. The van der Waals surface area contributed by atoms with Gasteiger partial charge >= 0.3 is 0 Å². The third kappa shape index (κ3) is 6.72. The maximum absolute atomic E-state index is 12.4. The number of carbonyl (C=O) groups is 2. The molecule has 0 unspecified atom stereocenters. The number of benzene rings is 1.